The van der Waals surface area contributed by atoms with E-state index in [1.165, 1.54) is 0 Å². The third-order valence-corrected chi connectivity index (χ3v) is 3.87. The van der Waals surface area contributed by atoms with Crippen molar-refractivity contribution in [3.63, 3.8) is 0 Å². The third-order valence-electron chi connectivity index (χ3n) is 3.87. The van der Waals surface area contributed by atoms with Crippen molar-refractivity contribution >= 4 is 16.9 Å². The molecular formula is C17H25N3O3. The predicted molar refractivity (Wildman–Crippen MR) is 90.9 cm³/mol. The lowest BCUT2D eigenvalue weighted by molar-refractivity contribution is 0.163. The Morgan fingerprint density at radius 2 is 2.26 bits per heavy atom. The highest BCUT2D eigenvalue weighted by molar-refractivity contribution is 5.89. The van der Waals surface area contributed by atoms with Crippen LogP contribution < -0.4 is 10.1 Å². The highest BCUT2D eigenvalue weighted by Crippen LogP contribution is 2.28. The van der Waals surface area contributed by atoms with Crippen LogP contribution in [0, 0.1) is 0 Å². The molecule has 0 aliphatic carbocycles. The molecule has 2 aromatic rings. The summed E-state index contributed by atoms with van der Waals surface area (Å²) in [4.78, 5) is 16.8. The van der Waals surface area contributed by atoms with Crippen LogP contribution in [0.1, 0.15) is 18.9 Å². The van der Waals surface area contributed by atoms with E-state index in [2.05, 4.69) is 10.3 Å². The molecule has 6 nitrogen and oxygen atoms in total. The van der Waals surface area contributed by atoms with Crippen molar-refractivity contribution in [1.82, 2.24) is 15.2 Å². The fraction of sp³-hybridized carbons (Fsp3) is 0.471. The largest absolute Gasteiger partial charge is 0.496 e. The lowest BCUT2D eigenvalue weighted by Crippen LogP contribution is -2.39. The topological polar surface area (TPSA) is 77.6 Å². The van der Waals surface area contributed by atoms with Crippen molar-refractivity contribution in [3.8, 4) is 5.75 Å². The van der Waals surface area contributed by atoms with E-state index in [-0.39, 0.29) is 6.03 Å². The Balaban J connectivity index is 1.90. The SMILES string of the molecule is COc1cccc2[nH]cc(CCNC(=O)N(C)CCC(C)O)c12. The van der Waals surface area contributed by atoms with Crippen molar-refractivity contribution in [3.05, 3.63) is 30.0 Å². The van der Waals surface area contributed by atoms with E-state index in [9.17, 15) is 9.90 Å². The van der Waals surface area contributed by atoms with Crippen molar-refractivity contribution in [2.75, 3.05) is 27.2 Å². The second-order valence-electron chi connectivity index (χ2n) is 5.74. The Kier molecular flexibility index (Phi) is 5.87. The summed E-state index contributed by atoms with van der Waals surface area (Å²) in [6, 6.07) is 5.75. The van der Waals surface area contributed by atoms with Gasteiger partial charge in [-0.15, -0.1) is 0 Å². The number of aliphatic hydroxyl groups excluding tert-OH is 1. The van der Waals surface area contributed by atoms with Gasteiger partial charge in [-0.2, -0.15) is 0 Å². The Morgan fingerprint density at radius 1 is 1.48 bits per heavy atom. The first-order valence-electron chi connectivity index (χ1n) is 7.83. The first-order valence-corrected chi connectivity index (χ1v) is 7.83. The fourth-order valence-corrected chi connectivity index (χ4v) is 2.51. The number of carbonyl (C=O) groups excluding carboxylic acids is 1. The Bertz CT molecular complexity index is 652. The number of methoxy groups -OCH3 is 1. The zero-order valence-corrected chi connectivity index (χ0v) is 13.9. The second kappa shape index (κ2) is 7.87. The molecule has 1 aromatic carbocycles. The number of aliphatic hydroxyl groups is 1. The maximum absolute atomic E-state index is 12.0. The van der Waals surface area contributed by atoms with Gasteiger partial charge in [0.1, 0.15) is 5.75 Å². The molecule has 0 spiro atoms. The van der Waals surface area contributed by atoms with Crippen LogP contribution in [0.2, 0.25) is 0 Å². The fourth-order valence-electron chi connectivity index (χ4n) is 2.51. The van der Waals surface area contributed by atoms with Crippen LogP contribution in [0.4, 0.5) is 4.79 Å². The Hall–Kier alpha value is -2.21. The summed E-state index contributed by atoms with van der Waals surface area (Å²) >= 11 is 0. The lowest BCUT2D eigenvalue weighted by Gasteiger charge is -2.18. The van der Waals surface area contributed by atoms with Crippen LogP contribution in [0.3, 0.4) is 0 Å². The van der Waals surface area contributed by atoms with Crippen molar-refractivity contribution < 1.29 is 14.6 Å². The summed E-state index contributed by atoms with van der Waals surface area (Å²) < 4.78 is 5.41. The quantitative estimate of drug-likeness (QED) is 0.731. The highest BCUT2D eigenvalue weighted by Gasteiger charge is 2.11. The number of hydrogen-bond acceptors (Lipinski definition) is 3. The second-order valence-corrected chi connectivity index (χ2v) is 5.74. The van der Waals surface area contributed by atoms with Crippen molar-refractivity contribution in [1.29, 1.82) is 0 Å². The van der Waals surface area contributed by atoms with Gasteiger partial charge in [0, 0.05) is 37.2 Å². The van der Waals surface area contributed by atoms with Crippen molar-refractivity contribution in [2.45, 2.75) is 25.9 Å². The number of ether oxygens (including phenoxy) is 1. The van der Waals surface area contributed by atoms with Gasteiger partial charge in [-0.05, 0) is 37.5 Å². The van der Waals surface area contributed by atoms with Crippen molar-refractivity contribution in [2.24, 2.45) is 0 Å². The molecule has 3 N–H and O–H groups in total. The number of fused-ring (bicyclic) bond motifs is 1. The molecule has 1 atom stereocenters. The molecule has 0 aliphatic rings. The van der Waals surface area contributed by atoms with Gasteiger partial charge in [0.2, 0.25) is 0 Å². The molecule has 2 amide bonds. The number of urea groups is 1. The van der Waals surface area contributed by atoms with Gasteiger partial charge < -0.3 is 25.0 Å². The monoisotopic (exact) mass is 319 g/mol. The summed E-state index contributed by atoms with van der Waals surface area (Å²) in [5, 5.41) is 13.2. The molecule has 126 valence electrons. The average Bonchev–Trinajstić information content (AvgIpc) is 2.95. The Morgan fingerprint density at radius 3 is 2.96 bits per heavy atom. The Labute approximate surface area is 136 Å². The number of nitrogens with zero attached hydrogens (tertiary/aromatic N) is 1. The maximum atomic E-state index is 12.0. The van der Waals surface area contributed by atoms with Gasteiger partial charge in [-0.1, -0.05) is 6.07 Å². The van der Waals surface area contributed by atoms with Gasteiger partial charge in [0.25, 0.3) is 0 Å². The smallest absolute Gasteiger partial charge is 0.317 e. The molecule has 0 saturated heterocycles. The van der Waals surface area contributed by atoms with E-state index in [0.29, 0.717) is 19.5 Å². The molecule has 6 heteroatoms. The molecule has 23 heavy (non-hydrogen) atoms. The van der Waals surface area contributed by atoms with E-state index >= 15 is 0 Å². The summed E-state index contributed by atoms with van der Waals surface area (Å²) in [5.74, 6) is 0.833. The van der Waals surface area contributed by atoms with Crippen LogP contribution >= 0.6 is 0 Å². The minimum atomic E-state index is -0.399. The average molecular weight is 319 g/mol. The third kappa shape index (κ3) is 4.39. The molecule has 0 bridgehead atoms. The number of nitrogens with one attached hydrogen (secondary N) is 2. The van der Waals surface area contributed by atoms with Gasteiger partial charge in [0.15, 0.2) is 0 Å². The number of H-pyrrole nitrogens is 1. The summed E-state index contributed by atoms with van der Waals surface area (Å²) in [6.07, 6.45) is 2.85. The summed E-state index contributed by atoms with van der Waals surface area (Å²) in [7, 11) is 3.39. The predicted octanol–water partition coefficient (Wildman–Crippen LogP) is 2.13. The molecule has 0 aliphatic heterocycles. The van der Waals surface area contributed by atoms with E-state index in [0.717, 1.165) is 28.6 Å². The number of aromatic nitrogens is 1. The molecular weight excluding hydrogens is 294 g/mol. The minimum Gasteiger partial charge on any atom is -0.496 e. The normalized spacial score (nSPS) is 12.2. The van der Waals surface area contributed by atoms with E-state index < -0.39 is 6.10 Å². The molecule has 1 aromatic heterocycles. The van der Waals surface area contributed by atoms with Crippen LogP contribution in [-0.2, 0) is 6.42 Å². The van der Waals surface area contributed by atoms with E-state index in [1.54, 1.807) is 26.0 Å². The van der Waals surface area contributed by atoms with Gasteiger partial charge >= 0.3 is 6.03 Å². The number of amides is 2. The molecule has 1 heterocycles. The minimum absolute atomic E-state index is 0.127. The first-order chi connectivity index (χ1) is 11.0. The number of hydrogen-bond donors (Lipinski definition) is 3. The van der Waals surface area contributed by atoms with Crippen LogP contribution in [0.25, 0.3) is 10.9 Å². The number of aromatic amines is 1. The number of benzene rings is 1. The highest BCUT2D eigenvalue weighted by atomic mass is 16.5. The van der Waals surface area contributed by atoms with Crippen LogP contribution in [0.5, 0.6) is 5.75 Å². The summed E-state index contributed by atoms with van der Waals surface area (Å²) in [5.41, 5.74) is 2.14. The summed E-state index contributed by atoms with van der Waals surface area (Å²) in [6.45, 7) is 2.80. The zero-order chi connectivity index (χ0) is 16.8. The standard InChI is InChI=1S/C17H25N3O3/c1-12(21)8-10-20(2)17(22)18-9-7-13-11-19-14-5-4-6-15(23-3)16(13)14/h4-6,11-12,19,21H,7-10H2,1-3H3,(H,18,22). The number of rotatable bonds is 7. The first kappa shape index (κ1) is 17.1. The van der Waals surface area contributed by atoms with Crippen LogP contribution in [0.15, 0.2) is 24.4 Å². The maximum Gasteiger partial charge on any atom is 0.317 e. The number of carbonyl (C=O) groups is 1. The van der Waals surface area contributed by atoms with E-state index in [4.69, 9.17) is 4.74 Å². The molecule has 0 saturated carbocycles. The molecule has 2 rings (SSSR count). The zero-order valence-electron chi connectivity index (χ0n) is 13.9. The lowest BCUT2D eigenvalue weighted by atomic mass is 10.1. The van der Waals surface area contributed by atoms with Gasteiger partial charge in [0.05, 0.1) is 13.2 Å². The molecule has 1 unspecified atom stereocenters. The van der Waals surface area contributed by atoms with Gasteiger partial charge in [-0.3, -0.25) is 0 Å². The van der Waals surface area contributed by atoms with Crippen LogP contribution in [-0.4, -0.2) is 54.4 Å². The molecule has 0 radical (unpaired) electrons. The van der Waals surface area contributed by atoms with Gasteiger partial charge in [-0.25, -0.2) is 4.79 Å². The molecule has 0 fully saturated rings. The van der Waals surface area contributed by atoms with E-state index in [1.807, 2.05) is 24.4 Å².